The first-order valence-electron chi connectivity index (χ1n) is 5.59. The molecule has 0 atom stereocenters. The lowest BCUT2D eigenvalue weighted by atomic mass is 10.1. The molecule has 4 nitrogen and oxygen atoms in total. The lowest BCUT2D eigenvalue weighted by Gasteiger charge is -2.25. The van der Waals surface area contributed by atoms with Gasteiger partial charge in [-0.25, -0.2) is 4.98 Å². The first-order valence-corrected chi connectivity index (χ1v) is 6.57. The van der Waals surface area contributed by atoms with Crippen molar-refractivity contribution in [1.82, 2.24) is 20.1 Å². The van der Waals surface area contributed by atoms with Gasteiger partial charge in [-0.2, -0.15) is 0 Å². The van der Waals surface area contributed by atoms with E-state index in [2.05, 4.69) is 20.1 Å². The number of thioether (sulfide) groups is 1. The summed E-state index contributed by atoms with van der Waals surface area (Å²) in [5, 5.41) is 7.85. The fourth-order valence-corrected chi connectivity index (χ4v) is 2.68. The topological polar surface area (TPSA) is 44.8 Å². The summed E-state index contributed by atoms with van der Waals surface area (Å²) in [4.78, 5) is 6.81. The zero-order valence-corrected chi connectivity index (χ0v) is 10.0. The maximum atomic E-state index is 4.27. The van der Waals surface area contributed by atoms with Crippen molar-refractivity contribution in [2.45, 2.75) is 31.3 Å². The SMILES string of the molecule is Cc1nc(SCCN2CCCCC2)n[nH]1. The van der Waals surface area contributed by atoms with Crippen LogP contribution in [-0.4, -0.2) is 45.5 Å². The second-order valence-electron chi connectivity index (χ2n) is 3.95. The van der Waals surface area contributed by atoms with Gasteiger partial charge < -0.3 is 4.90 Å². The highest BCUT2D eigenvalue weighted by molar-refractivity contribution is 7.99. The number of rotatable bonds is 4. The standard InChI is InChI=1S/C10H18N4S/c1-9-11-10(13-12-9)15-8-7-14-5-3-2-4-6-14/h2-8H2,1H3,(H,11,12,13). The summed E-state index contributed by atoms with van der Waals surface area (Å²) in [7, 11) is 0. The fourth-order valence-electron chi connectivity index (χ4n) is 1.84. The van der Waals surface area contributed by atoms with Gasteiger partial charge in [0.2, 0.25) is 5.16 Å². The third kappa shape index (κ3) is 3.50. The minimum Gasteiger partial charge on any atom is -0.303 e. The van der Waals surface area contributed by atoms with Crippen LogP contribution in [0.15, 0.2) is 5.16 Å². The molecule has 0 spiro atoms. The van der Waals surface area contributed by atoms with Crippen molar-refractivity contribution in [2.75, 3.05) is 25.4 Å². The van der Waals surface area contributed by atoms with E-state index in [1.165, 1.54) is 32.4 Å². The predicted octanol–water partition coefficient (Wildman–Crippen LogP) is 1.69. The quantitative estimate of drug-likeness (QED) is 0.794. The Kier molecular flexibility index (Phi) is 4.02. The van der Waals surface area contributed by atoms with E-state index in [4.69, 9.17) is 0 Å². The smallest absolute Gasteiger partial charge is 0.208 e. The minimum atomic E-state index is 0.879. The van der Waals surface area contributed by atoms with Crippen LogP contribution in [0.3, 0.4) is 0 Å². The maximum Gasteiger partial charge on any atom is 0.208 e. The predicted molar refractivity (Wildman–Crippen MR) is 62.1 cm³/mol. The first-order chi connectivity index (χ1) is 7.34. The van der Waals surface area contributed by atoms with Crippen LogP contribution in [0.2, 0.25) is 0 Å². The largest absolute Gasteiger partial charge is 0.303 e. The molecule has 2 rings (SSSR count). The van der Waals surface area contributed by atoms with Crippen LogP contribution in [0, 0.1) is 6.92 Å². The van der Waals surface area contributed by atoms with Crippen molar-refractivity contribution in [3.63, 3.8) is 0 Å². The van der Waals surface area contributed by atoms with Gasteiger partial charge in [-0.1, -0.05) is 18.2 Å². The summed E-state index contributed by atoms with van der Waals surface area (Å²) in [6, 6.07) is 0. The molecule has 0 unspecified atom stereocenters. The summed E-state index contributed by atoms with van der Waals surface area (Å²) in [5.41, 5.74) is 0. The Hall–Kier alpha value is -0.550. The molecule has 1 N–H and O–H groups in total. The normalized spacial score (nSPS) is 18.2. The molecule has 84 valence electrons. The molecule has 2 heterocycles. The molecule has 0 amide bonds. The molecule has 1 aliphatic heterocycles. The highest BCUT2D eigenvalue weighted by Crippen LogP contribution is 2.14. The molecule has 1 aromatic heterocycles. The van der Waals surface area contributed by atoms with Crippen LogP contribution < -0.4 is 0 Å². The molecule has 1 saturated heterocycles. The van der Waals surface area contributed by atoms with Crippen molar-refractivity contribution in [3.8, 4) is 0 Å². The van der Waals surface area contributed by atoms with E-state index >= 15 is 0 Å². The Morgan fingerprint density at radius 3 is 2.80 bits per heavy atom. The summed E-state index contributed by atoms with van der Waals surface area (Å²) in [5.74, 6) is 1.99. The monoisotopic (exact) mass is 226 g/mol. The van der Waals surface area contributed by atoms with Crippen molar-refractivity contribution < 1.29 is 0 Å². The van der Waals surface area contributed by atoms with Crippen molar-refractivity contribution in [1.29, 1.82) is 0 Å². The van der Waals surface area contributed by atoms with Gasteiger partial charge in [0, 0.05) is 12.3 Å². The van der Waals surface area contributed by atoms with Gasteiger partial charge in [0.15, 0.2) is 0 Å². The highest BCUT2D eigenvalue weighted by Gasteiger charge is 2.09. The Labute approximate surface area is 94.8 Å². The molecule has 0 aromatic carbocycles. The number of H-pyrrole nitrogens is 1. The second-order valence-corrected chi connectivity index (χ2v) is 5.02. The summed E-state index contributed by atoms with van der Waals surface area (Å²) >= 11 is 1.74. The Balaban J connectivity index is 1.65. The number of aromatic nitrogens is 3. The number of nitrogens with zero attached hydrogens (tertiary/aromatic N) is 3. The number of hydrogen-bond donors (Lipinski definition) is 1. The minimum absolute atomic E-state index is 0.879. The van der Waals surface area contributed by atoms with E-state index in [1.54, 1.807) is 11.8 Å². The van der Waals surface area contributed by atoms with Gasteiger partial charge in [-0.15, -0.1) is 5.10 Å². The Morgan fingerprint density at radius 2 is 2.13 bits per heavy atom. The first kappa shape index (κ1) is 11.0. The molecule has 0 saturated carbocycles. The highest BCUT2D eigenvalue weighted by atomic mass is 32.2. The van der Waals surface area contributed by atoms with Gasteiger partial charge in [0.1, 0.15) is 5.82 Å². The average molecular weight is 226 g/mol. The van der Waals surface area contributed by atoms with Crippen LogP contribution in [0.5, 0.6) is 0 Å². The van der Waals surface area contributed by atoms with Crippen LogP contribution >= 0.6 is 11.8 Å². The van der Waals surface area contributed by atoms with Gasteiger partial charge in [-0.05, 0) is 32.9 Å². The third-order valence-corrected chi connectivity index (χ3v) is 3.49. The number of nitrogens with one attached hydrogen (secondary N) is 1. The van der Waals surface area contributed by atoms with Gasteiger partial charge in [0.25, 0.3) is 0 Å². The molecule has 0 aliphatic carbocycles. The molecule has 5 heteroatoms. The van der Waals surface area contributed by atoms with Gasteiger partial charge in [0.05, 0.1) is 0 Å². The molecular formula is C10H18N4S. The van der Waals surface area contributed by atoms with Gasteiger partial charge >= 0.3 is 0 Å². The van der Waals surface area contributed by atoms with Crippen molar-refractivity contribution >= 4 is 11.8 Å². The molecule has 1 aliphatic rings. The fraction of sp³-hybridized carbons (Fsp3) is 0.800. The number of aryl methyl sites for hydroxylation is 1. The maximum absolute atomic E-state index is 4.27. The van der Waals surface area contributed by atoms with Crippen LogP contribution in [0.25, 0.3) is 0 Å². The van der Waals surface area contributed by atoms with E-state index in [1.807, 2.05) is 6.92 Å². The number of likely N-dealkylation sites (tertiary alicyclic amines) is 1. The van der Waals surface area contributed by atoms with Crippen LogP contribution in [0.4, 0.5) is 0 Å². The molecule has 0 bridgehead atoms. The zero-order chi connectivity index (χ0) is 10.5. The molecule has 15 heavy (non-hydrogen) atoms. The van der Waals surface area contributed by atoms with E-state index < -0.39 is 0 Å². The molecular weight excluding hydrogens is 208 g/mol. The van der Waals surface area contributed by atoms with Gasteiger partial charge in [-0.3, -0.25) is 5.10 Å². The lowest BCUT2D eigenvalue weighted by Crippen LogP contribution is -2.31. The Morgan fingerprint density at radius 1 is 1.33 bits per heavy atom. The van der Waals surface area contributed by atoms with Crippen LogP contribution in [-0.2, 0) is 0 Å². The average Bonchev–Trinajstić information content (AvgIpc) is 2.66. The third-order valence-electron chi connectivity index (χ3n) is 2.66. The zero-order valence-electron chi connectivity index (χ0n) is 9.20. The second kappa shape index (κ2) is 5.51. The lowest BCUT2D eigenvalue weighted by molar-refractivity contribution is 0.242. The van der Waals surface area contributed by atoms with Crippen LogP contribution in [0.1, 0.15) is 25.1 Å². The van der Waals surface area contributed by atoms with E-state index in [0.29, 0.717) is 0 Å². The van der Waals surface area contributed by atoms with E-state index in [-0.39, 0.29) is 0 Å². The molecule has 0 radical (unpaired) electrons. The number of aromatic amines is 1. The van der Waals surface area contributed by atoms with Crippen molar-refractivity contribution in [2.24, 2.45) is 0 Å². The summed E-state index contributed by atoms with van der Waals surface area (Å²) in [6.45, 7) is 5.64. The van der Waals surface area contributed by atoms with E-state index in [0.717, 1.165) is 23.3 Å². The van der Waals surface area contributed by atoms with Crippen molar-refractivity contribution in [3.05, 3.63) is 5.82 Å². The molecule has 1 aromatic rings. The molecule has 1 fully saturated rings. The van der Waals surface area contributed by atoms with E-state index in [9.17, 15) is 0 Å². The summed E-state index contributed by atoms with van der Waals surface area (Å²) < 4.78 is 0. The Bertz CT molecular complexity index is 293. The number of piperidine rings is 1. The summed E-state index contributed by atoms with van der Waals surface area (Å²) in [6.07, 6.45) is 4.14. The number of hydrogen-bond acceptors (Lipinski definition) is 4.